The molecule has 0 bridgehead atoms. The zero-order chi connectivity index (χ0) is 51.0. The largest absolute Gasteiger partial charge is 0.466 e. The molecule has 1 amide bonds. The van der Waals surface area contributed by atoms with Crippen LogP contribution < -0.4 is 5.32 Å². The maximum atomic E-state index is 13.0. The molecule has 7 atom stereocenters. The normalized spacial score (nSPS) is 19.7. The van der Waals surface area contributed by atoms with Gasteiger partial charge in [-0.05, 0) is 103 Å². The number of carbonyl (C=O) groups excluding carboxylic acids is 2. The third-order valence-corrected chi connectivity index (χ3v) is 13.1. The Bertz CT molecular complexity index is 1350. The van der Waals surface area contributed by atoms with Gasteiger partial charge in [0.1, 0.15) is 24.4 Å². The fourth-order valence-electron chi connectivity index (χ4n) is 8.58. The zero-order valence-electron chi connectivity index (χ0n) is 44.5. The Morgan fingerprint density at radius 1 is 0.543 bits per heavy atom. The number of hydrogen-bond acceptors (Lipinski definition) is 10. The van der Waals surface area contributed by atoms with Gasteiger partial charge in [0, 0.05) is 12.8 Å². The van der Waals surface area contributed by atoms with Crippen LogP contribution in [-0.4, -0.2) is 100 Å². The van der Waals surface area contributed by atoms with Crippen molar-refractivity contribution in [2.24, 2.45) is 0 Å². The monoisotopic (exact) mass is 988 g/mol. The number of amides is 1. The van der Waals surface area contributed by atoms with E-state index in [1.165, 1.54) is 128 Å². The molecular formula is C59H105NO10. The van der Waals surface area contributed by atoms with Crippen LogP contribution in [0.2, 0.25) is 0 Å². The Labute approximate surface area is 427 Å². The number of aliphatic hydroxyl groups is 5. The van der Waals surface area contributed by atoms with Crippen LogP contribution in [0.5, 0.6) is 0 Å². The van der Waals surface area contributed by atoms with Gasteiger partial charge in [0.15, 0.2) is 6.29 Å². The molecule has 1 heterocycles. The second-order valence-electron chi connectivity index (χ2n) is 19.6. The molecule has 1 fully saturated rings. The van der Waals surface area contributed by atoms with Gasteiger partial charge in [0.05, 0.1) is 32.0 Å². The summed E-state index contributed by atoms with van der Waals surface area (Å²) in [4.78, 5) is 25.0. The van der Waals surface area contributed by atoms with E-state index in [4.69, 9.17) is 14.2 Å². The number of aliphatic hydroxyl groups excluding tert-OH is 5. The minimum Gasteiger partial charge on any atom is -0.466 e. The lowest BCUT2D eigenvalue weighted by molar-refractivity contribution is -0.302. The summed E-state index contributed by atoms with van der Waals surface area (Å²) in [5.41, 5.74) is 0. The van der Waals surface area contributed by atoms with Crippen LogP contribution in [0.25, 0.3) is 0 Å². The van der Waals surface area contributed by atoms with Crippen molar-refractivity contribution in [2.45, 2.75) is 281 Å². The molecule has 0 aliphatic carbocycles. The SMILES string of the molecule is C/C=C/CC/C=C/CC/C=C/C(O)C(COC1OC(CO)C(O)C(O)C1O)NC(=O)CCCCCCCCC/C=C\CCCCCCCCCCCOC(=O)CCCCCCC/C=C\CCCCCC. The third kappa shape index (κ3) is 38.0. The molecular weight excluding hydrogens is 883 g/mol. The van der Waals surface area contributed by atoms with Crippen molar-refractivity contribution in [3.8, 4) is 0 Å². The molecule has 406 valence electrons. The van der Waals surface area contributed by atoms with E-state index in [2.05, 4.69) is 54.8 Å². The van der Waals surface area contributed by atoms with Crippen molar-refractivity contribution >= 4 is 11.9 Å². The van der Waals surface area contributed by atoms with E-state index in [0.29, 0.717) is 25.9 Å². The van der Waals surface area contributed by atoms with Gasteiger partial charge >= 0.3 is 5.97 Å². The Kier molecular flexibility index (Phi) is 45.4. The van der Waals surface area contributed by atoms with E-state index in [-0.39, 0.29) is 18.5 Å². The van der Waals surface area contributed by atoms with E-state index in [1.54, 1.807) is 6.08 Å². The van der Waals surface area contributed by atoms with Crippen LogP contribution in [0.15, 0.2) is 60.8 Å². The Hall–Kier alpha value is -2.64. The summed E-state index contributed by atoms with van der Waals surface area (Å²) < 4.78 is 16.6. The lowest BCUT2D eigenvalue weighted by atomic mass is 9.99. The van der Waals surface area contributed by atoms with Crippen molar-refractivity contribution in [3.63, 3.8) is 0 Å². The number of nitrogens with one attached hydrogen (secondary N) is 1. The summed E-state index contributed by atoms with van der Waals surface area (Å²) in [6.45, 7) is 4.04. The first kappa shape index (κ1) is 65.4. The van der Waals surface area contributed by atoms with Gasteiger partial charge in [-0.15, -0.1) is 0 Å². The highest BCUT2D eigenvalue weighted by Gasteiger charge is 2.44. The van der Waals surface area contributed by atoms with Gasteiger partial charge in [-0.25, -0.2) is 0 Å². The van der Waals surface area contributed by atoms with Gasteiger partial charge in [-0.3, -0.25) is 9.59 Å². The smallest absolute Gasteiger partial charge is 0.305 e. The first-order valence-corrected chi connectivity index (χ1v) is 28.5. The van der Waals surface area contributed by atoms with Gasteiger partial charge < -0.3 is 45.1 Å². The quantitative estimate of drug-likeness (QED) is 0.0196. The van der Waals surface area contributed by atoms with Crippen molar-refractivity contribution in [3.05, 3.63) is 60.8 Å². The molecule has 6 N–H and O–H groups in total. The summed E-state index contributed by atoms with van der Waals surface area (Å²) in [5.74, 6) is -0.229. The van der Waals surface area contributed by atoms with Crippen molar-refractivity contribution < 1.29 is 49.3 Å². The van der Waals surface area contributed by atoms with Crippen LogP contribution in [0, 0.1) is 0 Å². The molecule has 0 aromatic carbocycles. The van der Waals surface area contributed by atoms with E-state index in [1.807, 2.05) is 19.1 Å². The summed E-state index contributed by atoms with van der Waals surface area (Å²) in [5, 5.41) is 54.1. The average molecular weight is 988 g/mol. The highest BCUT2D eigenvalue weighted by atomic mass is 16.7. The first-order chi connectivity index (χ1) is 34.2. The molecule has 0 spiro atoms. The molecule has 0 saturated carbocycles. The number of ether oxygens (including phenoxy) is 3. The fourth-order valence-corrected chi connectivity index (χ4v) is 8.58. The van der Waals surface area contributed by atoms with Gasteiger partial charge in [0.25, 0.3) is 0 Å². The highest BCUT2D eigenvalue weighted by Crippen LogP contribution is 2.23. The number of allylic oxidation sites excluding steroid dienone is 9. The van der Waals surface area contributed by atoms with Crippen molar-refractivity contribution in [1.29, 1.82) is 0 Å². The minimum absolute atomic E-state index is 0.0191. The summed E-state index contributed by atoms with van der Waals surface area (Å²) in [6, 6.07) is -0.840. The maximum absolute atomic E-state index is 13.0. The molecule has 1 aliphatic heterocycles. The van der Waals surface area contributed by atoms with Crippen LogP contribution in [0.4, 0.5) is 0 Å². The van der Waals surface area contributed by atoms with E-state index in [9.17, 15) is 35.1 Å². The van der Waals surface area contributed by atoms with Crippen LogP contribution in [-0.2, 0) is 23.8 Å². The van der Waals surface area contributed by atoms with E-state index >= 15 is 0 Å². The number of hydrogen-bond donors (Lipinski definition) is 6. The average Bonchev–Trinajstić information content (AvgIpc) is 3.36. The lowest BCUT2D eigenvalue weighted by Gasteiger charge is -2.40. The standard InChI is InChI=1S/C59H105NO10/c1-3-5-7-9-11-13-14-23-27-31-35-39-43-47-55(64)68-48-44-40-36-32-28-25-22-20-18-16-15-17-19-21-24-26-30-34-38-42-46-54(63)60-51(52(62)45-41-37-33-29-12-10-8-6-4-2)50-69-59-58(67)57(66)56(65)53(49-61)70-59/h4,6,12-15,17,29,41,45,51-53,56-59,61-62,65-67H,3,5,7-11,16,18-28,30-40,42-44,46-50H2,1-2H3,(H,60,63)/b6-4+,14-13-,17-15-,29-12+,45-41+. The van der Waals surface area contributed by atoms with Crippen LogP contribution >= 0.6 is 0 Å². The first-order valence-electron chi connectivity index (χ1n) is 28.5. The summed E-state index contributed by atoms with van der Waals surface area (Å²) in [6.07, 6.45) is 52.0. The van der Waals surface area contributed by atoms with E-state index in [0.717, 1.165) is 77.0 Å². The molecule has 70 heavy (non-hydrogen) atoms. The minimum atomic E-state index is -1.58. The number of rotatable bonds is 48. The lowest BCUT2D eigenvalue weighted by Crippen LogP contribution is -2.60. The van der Waals surface area contributed by atoms with Gasteiger partial charge in [-0.1, -0.05) is 183 Å². The van der Waals surface area contributed by atoms with Crippen LogP contribution in [0.1, 0.15) is 239 Å². The molecule has 1 saturated heterocycles. The van der Waals surface area contributed by atoms with Gasteiger partial charge in [0.2, 0.25) is 5.91 Å². The fraction of sp³-hybridized carbons (Fsp3) is 0.797. The third-order valence-electron chi connectivity index (χ3n) is 13.1. The molecule has 0 radical (unpaired) electrons. The molecule has 11 heteroatoms. The number of carbonyl (C=O) groups is 2. The zero-order valence-corrected chi connectivity index (χ0v) is 44.5. The maximum Gasteiger partial charge on any atom is 0.305 e. The Morgan fingerprint density at radius 3 is 1.50 bits per heavy atom. The Balaban J connectivity index is 2.05. The second-order valence-corrected chi connectivity index (χ2v) is 19.6. The highest BCUT2D eigenvalue weighted by molar-refractivity contribution is 5.76. The molecule has 1 rings (SSSR count). The topological polar surface area (TPSA) is 175 Å². The molecule has 7 unspecified atom stereocenters. The molecule has 0 aromatic heterocycles. The van der Waals surface area contributed by atoms with Crippen LogP contribution in [0.3, 0.4) is 0 Å². The van der Waals surface area contributed by atoms with Crippen molar-refractivity contribution in [2.75, 3.05) is 19.8 Å². The Morgan fingerprint density at radius 2 is 0.986 bits per heavy atom. The number of esters is 1. The van der Waals surface area contributed by atoms with E-state index < -0.39 is 49.5 Å². The predicted molar refractivity (Wildman–Crippen MR) is 287 cm³/mol. The van der Waals surface area contributed by atoms with Crippen molar-refractivity contribution in [1.82, 2.24) is 5.32 Å². The molecule has 1 aliphatic rings. The summed E-state index contributed by atoms with van der Waals surface area (Å²) >= 11 is 0. The molecule has 0 aromatic rings. The summed E-state index contributed by atoms with van der Waals surface area (Å²) in [7, 11) is 0. The second kappa shape index (κ2) is 48.6. The molecule has 11 nitrogen and oxygen atoms in total. The number of unbranched alkanes of at least 4 members (excludes halogenated alkanes) is 27. The predicted octanol–water partition coefficient (Wildman–Crippen LogP) is 12.7. The van der Waals surface area contributed by atoms with Gasteiger partial charge in [-0.2, -0.15) is 0 Å².